The Hall–Kier alpha value is -1.63. The third-order valence-electron chi connectivity index (χ3n) is 3.52. The molecule has 0 spiro atoms. The number of morpholine rings is 1. The minimum Gasteiger partial charge on any atom is -0.397 e. The molecule has 0 aromatic heterocycles. The minimum absolute atomic E-state index is 0.0313. The maximum Gasteiger partial charge on any atom is 0.241 e. The molecule has 0 radical (unpaired) electrons. The van der Waals surface area contributed by atoms with Crippen LogP contribution in [0.1, 0.15) is 6.92 Å². The summed E-state index contributed by atoms with van der Waals surface area (Å²) in [5, 5.41) is 12.0. The van der Waals surface area contributed by atoms with E-state index in [9.17, 15) is 4.79 Å². The first-order valence-corrected chi connectivity index (χ1v) is 6.73. The number of amides is 1. The number of aliphatic hydroxyl groups is 1. The van der Waals surface area contributed by atoms with Gasteiger partial charge in [-0.05, 0) is 19.1 Å². The van der Waals surface area contributed by atoms with Crippen molar-refractivity contribution in [1.82, 2.24) is 4.90 Å². The van der Waals surface area contributed by atoms with Crippen molar-refractivity contribution >= 4 is 17.3 Å². The van der Waals surface area contributed by atoms with E-state index in [-0.39, 0.29) is 24.7 Å². The van der Waals surface area contributed by atoms with Crippen LogP contribution < -0.4 is 11.1 Å². The number of carbonyl (C=O) groups excluding carboxylic acids is 1. The zero-order valence-corrected chi connectivity index (χ0v) is 11.6. The number of nitrogens with zero attached hydrogens (tertiary/aromatic N) is 1. The summed E-state index contributed by atoms with van der Waals surface area (Å²) in [5.74, 6) is -0.110. The summed E-state index contributed by atoms with van der Waals surface area (Å²) < 4.78 is 5.38. The molecule has 1 aromatic rings. The fourth-order valence-corrected chi connectivity index (χ4v) is 2.22. The summed E-state index contributed by atoms with van der Waals surface area (Å²) in [6.45, 7) is 3.56. The van der Waals surface area contributed by atoms with E-state index in [1.165, 1.54) is 0 Å². The predicted octanol–water partition coefficient (Wildman–Crippen LogP) is 0.289. The van der Waals surface area contributed by atoms with E-state index in [1.807, 2.05) is 24.0 Å². The number of carbonyl (C=O) groups is 1. The van der Waals surface area contributed by atoms with Crippen LogP contribution >= 0.6 is 0 Å². The second-order valence-corrected chi connectivity index (χ2v) is 4.92. The fraction of sp³-hybridized carbons (Fsp3) is 0.500. The molecule has 2 unspecified atom stereocenters. The quantitative estimate of drug-likeness (QED) is 0.689. The van der Waals surface area contributed by atoms with Gasteiger partial charge in [-0.3, -0.25) is 9.69 Å². The number of nitrogens with one attached hydrogen (secondary N) is 1. The highest BCUT2D eigenvalue weighted by atomic mass is 16.5. The van der Waals surface area contributed by atoms with E-state index in [2.05, 4.69) is 5.32 Å². The number of hydrogen-bond acceptors (Lipinski definition) is 5. The number of nitrogen functional groups attached to an aromatic ring is 1. The van der Waals surface area contributed by atoms with E-state index >= 15 is 0 Å². The molecule has 6 heteroatoms. The summed E-state index contributed by atoms with van der Waals surface area (Å²) in [5.41, 5.74) is 6.98. The molecule has 0 bridgehead atoms. The molecule has 1 aliphatic rings. The molecule has 2 atom stereocenters. The van der Waals surface area contributed by atoms with Crippen LogP contribution in [0.15, 0.2) is 24.3 Å². The average molecular weight is 279 g/mol. The second kappa shape index (κ2) is 6.69. The van der Waals surface area contributed by atoms with Crippen molar-refractivity contribution in [2.75, 3.05) is 37.4 Å². The van der Waals surface area contributed by atoms with Crippen molar-refractivity contribution in [2.24, 2.45) is 0 Å². The van der Waals surface area contributed by atoms with Crippen LogP contribution in [0.4, 0.5) is 11.4 Å². The number of benzene rings is 1. The predicted molar refractivity (Wildman–Crippen MR) is 77.3 cm³/mol. The van der Waals surface area contributed by atoms with Gasteiger partial charge in [-0.2, -0.15) is 0 Å². The number of hydrogen-bond donors (Lipinski definition) is 3. The maximum atomic E-state index is 12.2. The summed E-state index contributed by atoms with van der Waals surface area (Å²) >= 11 is 0. The van der Waals surface area contributed by atoms with Crippen molar-refractivity contribution in [1.29, 1.82) is 0 Å². The zero-order valence-electron chi connectivity index (χ0n) is 11.6. The molecule has 1 aromatic carbocycles. The molecule has 0 saturated carbocycles. The van der Waals surface area contributed by atoms with Gasteiger partial charge in [-0.25, -0.2) is 0 Å². The van der Waals surface area contributed by atoms with Crippen molar-refractivity contribution in [3.63, 3.8) is 0 Å². The lowest BCUT2D eigenvalue weighted by atomic mass is 10.2. The molecular formula is C14H21N3O3. The van der Waals surface area contributed by atoms with Gasteiger partial charge in [-0.15, -0.1) is 0 Å². The Balaban J connectivity index is 1.96. The highest BCUT2D eigenvalue weighted by Gasteiger charge is 2.27. The summed E-state index contributed by atoms with van der Waals surface area (Å²) in [6, 6.07) is 6.87. The van der Waals surface area contributed by atoms with Crippen LogP contribution in [0.3, 0.4) is 0 Å². The zero-order chi connectivity index (χ0) is 14.5. The normalized spacial score (nSPS) is 21.4. The van der Waals surface area contributed by atoms with E-state index in [1.54, 1.807) is 12.1 Å². The number of anilines is 2. The van der Waals surface area contributed by atoms with Crippen LogP contribution in [0, 0.1) is 0 Å². The fourth-order valence-electron chi connectivity index (χ4n) is 2.22. The molecule has 110 valence electrons. The van der Waals surface area contributed by atoms with Crippen molar-refractivity contribution in [3.8, 4) is 0 Å². The molecule has 2 rings (SSSR count). The van der Waals surface area contributed by atoms with Crippen molar-refractivity contribution < 1.29 is 14.6 Å². The summed E-state index contributed by atoms with van der Waals surface area (Å²) in [6.07, 6.45) is -0.221. The Bertz CT molecular complexity index is 467. The van der Waals surface area contributed by atoms with Gasteiger partial charge in [0.05, 0.1) is 36.7 Å². The first-order chi connectivity index (χ1) is 9.61. The molecule has 1 amide bonds. The lowest BCUT2D eigenvalue weighted by Crippen LogP contribution is -2.51. The van der Waals surface area contributed by atoms with E-state index in [0.29, 0.717) is 31.1 Å². The molecular weight excluding hydrogens is 258 g/mol. The third kappa shape index (κ3) is 3.47. The van der Waals surface area contributed by atoms with Gasteiger partial charge < -0.3 is 20.9 Å². The lowest BCUT2D eigenvalue weighted by molar-refractivity contribution is -0.125. The number of aliphatic hydroxyl groups excluding tert-OH is 1. The molecule has 20 heavy (non-hydrogen) atoms. The maximum absolute atomic E-state index is 12.2. The summed E-state index contributed by atoms with van der Waals surface area (Å²) in [7, 11) is 0. The highest BCUT2D eigenvalue weighted by molar-refractivity contribution is 5.97. The standard InChI is InChI=1S/C14H21N3O3/c1-10(17-6-7-20-11(8-17)9-18)14(19)16-13-5-3-2-4-12(13)15/h2-5,10-11,18H,6-9,15H2,1H3,(H,16,19). The molecule has 0 aliphatic carbocycles. The largest absolute Gasteiger partial charge is 0.397 e. The van der Waals surface area contributed by atoms with Gasteiger partial charge in [0.25, 0.3) is 0 Å². The average Bonchev–Trinajstić information content (AvgIpc) is 2.48. The van der Waals surface area contributed by atoms with Gasteiger partial charge in [0.2, 0.25) is 5.91 Å². The van der Waals surface area contributed by atoms with Crippen molar-refractivity contribution in [3.05, 3.63) is 24.3 Å². The number of para-hydroxylation sites is 2. The molecule has 6 nitrogen and oxygen atoms in total. The summed E-state index contributed by atoms with van der Waals surface area (Å²) in [4.78, 5) is 14.2. The molecule has 1 aliphatic heterocycles. The smallest absolute Gasteiger partial charge is 0.241 e. The second-order valence-electron chi connectivity index (χ2n) is 4.92. The number of nitrogens with two attached hydrogens (primary N) is 1. The highest BCUT2D eigenvalue weighted by Crippen LogP contribution is 2.18. The van der Waals surface area contributed by atoms with Crippen LogP contribution in [-0.2, 0) is 9.53 Å². The monoisotopic (exact) mass is 279 g/mol. The van der Waals surface area contributed by atoms with Gasteiger partial charge in [0.1, 0.15) is 0 Å². The minimum atomic E-state index is -0.299. The first-order valence-electron chi connectivity index (χ1n) is 6.73. The van der Waals surface area contributed by atoms with Gasteiger partial charge in [-0.1, -0.05) is 12.1 Å². The molecule has 4 N–H and O–H groups in total. The van der Waals surface area contributed by atoms with Crippen molar-refractivity contribution in [2.45, 2.75) is 19.1 Å². The molecule has 1 heterocycles. The van der Waals surface area contributed by atoms with Gasteiger partial charge in [0, 0.05) is 13.1 Å². The number of rotatable bonds is 4. The Labute approximate surface area is 118 Å². The topological polar surface area (TPSA) is 87.8 Å². The Morgan fingerprint density at radius 2 is 2.35 bits per heavy atom. The Morgan fingerprint density at radius 3 is 3.05 bits per heavy atom. The third-order valence-corrected chi connectivity index (χ3v) is 3.52. The van der Waals surface area contributed by atoms with Crippen LogP contribution in [0.5, 0.6) is 0 Å². The molecule has 1 saturated heterocycles. The lowest BCUT2D eigenvalue weighted by Gasteiger charge is -2.35. The van der Waals surface area contributed by atoms with Gasteiger partial charge >= 0.3 is 0 Å². The van der Waals surface area contributed by atoms with Gasteiger partial charge in [0.15, 0.2) is 0 Å². The van der Waals surface area contributed by atoms with E-state index in [4.69, 9.17) is 15.6 Å². The Kier molecular flexibility index (Phi) is 4.94. The first kappa shape index (κ1) is 14.8. The van der Waals surface area contributed by atoms with E-state index in [0.717, 1.165) is 0 Å². The van der Waals surface area contributed by atoms with Crippen LogP contribution in [0.2, 0.25) is 0 Å². The number of ether oxygens (including phenoxy) is 1. The SMILES string of the molecule is CC(C(=O)Nc1ccccc1N)N1CCOC(CO)C1. The van der Waals surface area contributed by atoms with E-state index < -0.39 is 0 Å². The molecule has 1 fully saturated rings. The Morgan fingerprint density at radius 1 is 1.60 bits per heavy atom. The van der Waals surface area contributed by atoms with Crippen LogP contribution in [-0.4, -0.2) is 54.4 Å². The van der Waals surface area contributed by atoms with Crippen LogP contribution in [0.25, 0.3) is 0 Å².